The summed E-state index contributed by atoms with van der Waals surface area (Å²) in [5.41, 5.74) is 2.84. The monoisotopic (exact) mass is 731 g/mol. The lowest BCUT2D eigenvalue weighted by Crippen LogP contribution is -1.91. The Labute approximate surface area is 343 Å². The average molecular weight is 732 g/mol. The third-order valence-corrected chi connectivity index (χ3v) is 11.8. The number of hydrogen-bond acceptors (Lipinski definition) is 1. The first-order chi connectivity index (χ1) is 32.8. The Hall–Kier alpha value is -7.48. The summed E-state index contributed by atoms with van der Waals surface area (Å²) in [5, 5.41) is 13.1. The zero-order valence-corrected chi connectivity index (χ0v) is 30.0. The first-order valence-electron chi connectivity index (χ1n) is 24.3. The van der Waals surface area contributed by atoms with Crippen molar-refractivity contribution in [3.05, 3.63) is 194 Å². The van der Waals surface area contributed by atoms with Crippen LogP contribution in [0.1, 0.15) is 15.1 Å². The maximum absolute atomic E-state index is 9.95. The lowest BCUT2D eigenvalue weighted by atomic mass is 9.85. The summed E-state index contributed by atoms with van der Waals surface area (Å²) in [6.07, 6.45) is 0. The standard InChI is InChI=1S/C56H32O/c1-2-8-33(9-3-1)46-29-28-45(55-49-14-4-5-15-50(49)57-56(46)55)42-31-40(43-24-20-38-18-16-34-10-6-12-36-22-26-47(43)53(38)51(34)36)30-41(32-42)44-25-21-39-19-17-35-11-7-13-37-23-27-48(44)54(39)52(35)37/h1-32H/i1D,2D,3D,4D,5D,8D,9D,14D,15D,28D,29D. The topological polar surface area (TPSA) is 13.1 Å². The highest BCUT2D eigenvalue weighted by atomic mass is 16.3. The summed E-state index contributed by atoms with van der Waals surface area (Å²) in [5.74, 6) is 0. The van der Waals surface area contributed by atoms with E-state index in [1.165, 1.54) is 0 Å². The van der Waals surface area contributed by atoms with Crippen molar-refractivity contribution in [2.24, 2.45) is 0 Å². The number of benzene rings is 12. The molecular weight excluding hydrogens is 689 g/mol. The van der Waals surface area contributed by atoms with Crippen LogP contribution in [0, 0.1) is 0 Å². The molecule has 1 nitrogen and oxygen atoms in total. The Morgan fingerprint density at radius 2 is 0.772 bits per heavy atom. The molecule has 13 aromatic rings. The molecule has 0 amide bonds. The third kappa shape index (κ3) is 4.40. The minimum Gasteiger partial charge on any atom is -0.455 e. The van der Waals surface area contributed by atoms with Crippen LogP contribution in [-0.4, -0.2) is 0 Å². The highest BCUT2D eigenvalue weighted by molar-refractivity contribution is 6.27. The van der Waals surface area contributed by atoms with Crippen LogP contribution in [0.5, 0.6) is 0 Å². The van der Waals surface area contributed by atoms with Crippen molar-refractivity contribution in [1.29, 1.82) is 0 Å². The van der Waals surface area contributed by atoms with Gasteiger partial charge in [0, 0.05) is 16.3 Å². The fourth-order valence-corrected chi connectivity index (χ4v) is 9.30. The molecule has 0 fully saturated rings. The molecule has 1 heterocycles. The van der Waals surface area contributed by atoms with Crippen LogP contribution < -0.4 is 0 Å². The number of furan rings is 1. The maximum Gasteiger partial charge on any atom is 0.143 e. The molecular formula is C56H32O. The van der Waals surface area contributed by atoms with Gasteiger partial charge in [0.1, 0.15) is 11.2 Å². The van der Waals surface area contributed by atoms with Gasteiger partial charge in [0.25, 0.3) is 0 Å². The quantitative estimate of drug-likeness (QED) is 0.164. The van der Waals surface area contributed by atoms with Gasteiger partial charge in [-0.3, -0.25) is 0 Å². The van der Waals surface area contributed by atoms with Crippen LogP contribution >= 0.6 is 0 Å². The van der Waals surface area contributed by atoms with Gasteiger partial charge in [0.05, 0.1) is 15.1 Å². The Bertz CT molecular complexity index is 4170. The number of rotatable bonds is 4. The molecule has 0 aliphatic rings. The van der Waals surface area contributed by atoms with E-state index >= 15 is 0 Å². The maximum atomic E-state index is 9.95. The first-order valence-corrected chi connectivity index (χ1v) is 18.8. The molecule has 57 heavy (non-hydrogen) atoms. The second kappa shape index (κ2) is 11.5. The molecule has 0 unspecified atom stereocenters. The molecule has 1 heteroatoms. The molecule has 1 aromatic heterocycles. The fraction of sp³-hybridized carbons (Fsp3) is 0. The summed E-state index contributed by atoms with van der Waals surface area (Å²) in [4.78, 5) is 0. The minimum atomic E-state index is -0.650. The lowest BCUT2D eigenvalue weighted by molar-refractivity contribution is 0.670. The number of hydrogen-bond donors (Lipinski definition) is 0. The van der Waals surface area contributed by atoms with Gasteiger partial charge in [0.15, 0.2) is 0 Å². The van der Waals surface area contributed by atoms with E-state index in [9.17, 15) is 4.11 Å². The highest BCUT2D eigenvalue weighted by Gasteiger charge is 2.21. The highest BCUT2D eigenvalue weighted by Crippen LogP contribution is 2.47. The van der Waals surface area contributed by atoms with Gasteiger partial charge in [-0.2, -0.15) is 0 Å². The fourth-order valence-electron chi connectivity index (χ4n) is 9.30. The van der Waals surface area contributed by atoms with Gasteiger partial charge >= 0.3 is 0 Å². The molecule has 0 N–H and O–H groups in total. The molecule has 0 aliphatic carbocycles. The smallest absolute Gasteiger partial charge is 0.143 e. The molecule has 0 saturated heterocycles. The number of para-hydroxylation sites is 1. The normalized spacial score (nSPS) is 14.9. The van der Waals surface area contributed by atoms with Gasteiger partial charge in [-0.25, -0.2) is 0 Å². The van der Waals surface area contributed by atoms with Crippen LogP contribution in [0.3, 0.4) is 0 Å². The Morgan fingerprint density at radius 1 is 0.316 bits per heavy atom. The number of fused-ring (bicyclic) bond motifs is 3. The van der Waals surface area contributed by atoms with Gasteiger partial charge in [-0.05, 0) is 134 Å². The second-order valence-electron chi connectivity index (χ2n) is 14.7. The van der Waals surface area contributed by atoms with Crippen molar-refractivity contribution in [2.45, 2.75) is 0 Å². The lowest BCUT2D eigenvalue weighted by Gasteiger charge is -2.18. The Kier molecular flexibility index (Phi) is 4.48. The molecule has 13 rings (SSSR count). The van der Waals surface area contributed by atoms with Gasteiger partial charge in [-0.1, -0.05) is 164 Å². The molecule has 0 bridgehead atoms. The van der Waals surface area contributed by atoms with E-state index in [0.29, 0.717) is 5.56 Å². The van der Waals surface area contributed by atoms with Gasteiger partial charge in [-0.15, -0.1) is 0 Å². The van der Waals surface area contributed by atoms with E-state index in [1.54, 1.807) is 0 Å². The summed E-state index contributed by atoms with van der Waals surface area (Å²) in [6.45, 7) is 0. The predicted molar refractivity (Wildman–Crippen MR) is 243 cm³/mol. The molecule has 0 atom stereocenters. The molecule has 0 aliphatic heterocycles. The van der Waals surface area contributed by atoms with E-state index in [0.717, 1.165) is 86.9 Å². The zero-order chi connectivity index (χ0) is 46.8. The Balaban J connectivity index is 1.20. The van der Waals surface area contributed by atoms with E-state index < -0.39 is 60.4 Å². The molecule has 0 saturated carbocycles. The zero-order valence-electron chi connectivity index (χ0n) is 41.0. The van der Waals surface area contributed by atoms with Crippen LogP contribution in [0.2, 0.25) is 0 Å². The van der Waals surface area contributed by atoms with Crippen LogP contribution in [0.25, 0.3) is 131 Å². The van der Waals surface area contributed by atoms with Crippen molar-refractivity contribution in [1.82, 2.24) is 0 Å². The molecule has 0 radical (unpaired) electrons. The van der Waals surface area contributed by atoms with E-state index in [-0.39, 0.29) is 44.7 Å². The van der Waals surface area contributed by atoms with E-state index in [4.69, 9.17) is 15.4 Å². The van der Waals surface area contributed by atoms with E-state index in [2.05, 4.69) is 115 Å². The van der Waals surface area contributed by atoms with Crippen LogP contribution in [0.4, 0.5) is 0 Å². The van der Waals surface area contributed by atoms with Gasteiger partial charge in [0.2, 0.25) is 0 Å². The average Bonchev–Trinajstić information content (AvgIpc) is 3.75. The predicted octanol–water partition coefficient (Wildman–Crippen LogP) is 16.0. The molecule has 12 aromatic carbocycles. The van der Waals surface area contributed by atoms with Crippen molar-refractivity contribution in [3.63, 3.8) is 0 Å². The summed E-state index contributed by atoms with van der Waals surface area (Å²) >= 11 is 0. The Morgan fingerprint density at radius 3 is 1.35 bits per heavy atom. The van der Waals surface area contributed by atoms with Gasteiger partial charge < -0.3 is 4.42 Å². The van der Waals surface area contributed by atoms with Crippen LogP contribution in [0.15, 0.2) is 198 Å². The van der Waals surface area contributed by atoms with Crippen molar-refractivity contribution in [3.8, 4) is 44.5 Å². The minimum absolute atomic E-state index is 0.0551. The van der Waals surface area contributed by atoms with Crippen molar-refractivity contribution < 1.29 is 19.5 Å². The summed E-state index contributed by atoms with van der Waals surface area (Å²) < 4.78 is 105. The van der Waals surface area contributed by atoms with Crippen molar-refractivity contribution >= 4 is 86.6 Å². The second-order valence-corrected chi connectivity index (χ2v) is 14.7. The summed E-state index contributed by atoms with van der Waals surface area (Å²) in [7, 11) is 0. The molecule has 262 valence electrons. The first kappa shape index (κ1) is 22.2. The SMILES string of the molecule is [2H]c1c([2H])c([2H])c(-c2c([2H])c([2H])c(-c3cc(-c4ccc5ccc6cccc7ccc4c5c67)cc(-c4ccc5ccc6cccc7ccc4c5c67)c3)c3c2oc2c([2H])c([2H])c([2H])c([2H])c23)c([2H])c1[2H]. The summed E-state index contributed by atoms with van der Waals surface area (Å²) in [6, 6.07) is 37.9. The molecule has 0 spiro atoms. The van der Waals surface area contributed by atoms with E-state index in [1.807, 2.05) is 12.1 Å². The van der Waals surface area contributed by atoms with Crippen molar-refractivity contribution in [2.75, 3.05) is 0 Å². The van der Waals surface area contributed by atoms with Crippen LogP contribution in [-0.2, 0) is 0 Å². The third-order valence-electron chi connectivity index (χ3n) is 11.8. The largest absolute Gasteiger partial charge is 0.455 e.